The number of nitrogens with two attached hydrogens (primary N) is 1. The summed E-state index contributed by atoms with van der Waals surface area (Å²) in [5.41, 5.74) is 7.30. The maximum atomic E-state index is 12.1. The van der Waals surface area contributed by atoms with E-state index in [4.69, 9.17) is 10.8 Å². The number of nitrogens with one attached hydrogen (secondary N) is 1. The summed E-state index contributed by atoms with van der Waals surface area (Å²) >= 11 is 0. The van der Waals surface area contributed by atoms with Crippen molar-refractivity contribution in [2.24, 2.45) is 17.6 Å². The molecule has 0 bridgehead atoms. The van der Waals surface area contributed by atoms with Gasteiger partial charge in [-0.2, -0.15) is 0 Å². The quantitative estimate of drug-likeness (QED) is 0.685. The Morgan fingerprint density at radius 2 is 1.86 bits per heavy atom. The Labute approximate surface area is 125 Å². The van der Waals surface area contributed by atoms with Gasteiger partial charge in [0, 0.05) is 18.7 Å². The van der Waals surface area contributed by atoms with Gasteiger partial charge < -0.3 is 16.2 Å². The number of aliphatic carboxylic acids is 1. The molecule has 116 valence electrons. The molecule has 1 aromatic rings. The van der Waals surface area contributed by atoms with E-state index in [-0.39, 0.29) is 18.2 Å². The summed E-state index contributed by atoms with van der Waals surface area (Å²) in [6.45, 7) is 4.46. The molecule has 0 fully saturated rings. The van der Waals surface area contributed by atoms with Crippen LogP contribution in [-0.2, 0) is 16.0 Å². The van der Waals surface area contributed by atoms with E-state index in [2.05, 4.69) is 19.2 Å². The summed E-state index contributed by atoms with van der Waals surface area (Å²) in [6, 6.07) is 7.24. The minimum Gasteiger partial charge on any atom is -0.481 e. The van der Waals surface area contributed by atoms with E-state index in [9.17, 15) is 9.59 Å². The summed E-state index contributed by atoms with van der Waals surface area (Å²) in [6.07, 6.45) is 1.36. The second-order valence-electron chi connectivity index (χ2n) is 5.64. The lowest BCUT2D eigenvalue weighted by Gasteiger charge is -2.17. The van der Waals surface area contributed by atoms with Crippen molar-refractivity contribution in [2.75, 3.05) is 11.9 Å². The molecular formula is C16H24N2O3. The predicted molar refractivity (Wildman–Crippen MR) is 83.0 cm³/mol. The Kier molecular flexibility index (Phi) is 6.88. The molecule has 1 unspecified atom stereocenters. The molecule has 0 aliphatic heterocycles. The van der Waals surface area contributed by atoms with Crippen molar-refractivity contribution >= 4 is 17.6 Å². The minimum atomic E-state index is -0.813. The van der Waals surface area contributed by atoms with Crippen molar-refractivity contribution in [2.45, 2.75) is 33.1 Å². The Balaban J connectivity index is 2.58. The van der Waals surface area contributed by atoms with Gasteiger partial charge in [-0.1, -0.05) is 26.0 Å². The maximum absolute atomic E-state index is 12.1. The van der Waals surface area contributed by atoms with Crippen LogP contribution in [0.2, 0.25) is 0 Å². The molecule has 0 saturated carbocycles. The zero-order valence-corrected chi connectivity index (χ0v) is 12.6. The molecule has 5 heteroatoms. The Hall–Kier alpha value is -1.88. The number of anilines is 1. The number of hydrogen-bond donors (Lipinski definition) is 3. The van der Waals surface area contributed by atoms with Crippen molar-refractivity contribution in [1.29, 1.82) is 0 Å². The van der Waals surface area contributed by atoms with Crippen LogP contribution in [0.1, 0.15) is 32.3 Å². The minimum absolute atomic E-state index is 0.0653. The Bertz CT molecular complexity index is 469. The Morgan fingerprint density at radius 3 is 2.33 bits per heavy atom. The molecule has 1 atom stereocenters. The predicted octanol–water partition coefficient (Wildman–Crippen LogP) is 2.26. The highest BCUT2D eigenvalue weighted by Gasteiger charge is 2.18. The summed E-state index contributed by atoms with van der Waals surface area (Å²) in [5.74, 6) is -0.643. The molecule has 5 nitrogen and oxygen atoms in total. The number of benzene rings is 1. The number of aryl methyl sites for hydroxylation is 1. The molecule has 0 aliphatic carbocycles. The summed E-state index contributed by atoms with van der Waals surface area (Å²) < 4.78 is 0. The monoisotopic (exact) mass is 292 g/mol. The number of carboxylic acid groups (broad SMARTS) is 1. The van der Waals surface area contributed by atoms with Crippen LogP contribution in [0, 0.1) is 11.8 Å². The van der Waals surface area contributed by atoms with E-state index in [1.807, 2.05) is 12.1 Å². The molecule has 4 N–H and O–H groups in total. The van der Waals surface area contributed by atoms with Crippen LogP contribution in [-0.4, -0.2) is 23.5 Å². The number of carbonyl (C=O) groups is 2. The van der Waals surface area contributed by atoms with Gasteiger partial charge in [-0.25, -0.2) is 0 Å². The standard InChI is InChI=1S/C16H24N2O3/c1-11(2)9-13(10-17)16(21)18-14-6-3-12(4-7-14)5-8-15(19)20/h3-4,6-7,11,13H,5,8-10,17H2,1-2H3,(H,18,21)(H,19,20). The first kappa shape index (κ1) is 17.2. The number of carboxylic acids is 1. The molecule has 0 aromatic heterocycles. The molecule has 0 spiro atoms. The second kappa shape index (κ2) is 8.42. The normalized spacial score (nSPS) is 12.2. The largest absolute Gasteiger partial charge is 0.481 e. The highest BCUT2D eigenvalue weighted by Crippen LogP contribution is 2.15. The summed E-state index contributed by atoms with van der Waals surface area (Å²) in [5, 5.41) is 11.5. The molecule has 1 rings (SSSR count). The number of carbonyl (C=O) groups excluding carboxylic acids is 1. The third kappa shape index (κ3) is 6.40. The number of hydrogen-bond acceptors (Lipinski definition) is 3. The van der Waals surface area contributed by atoms with Gasteiger partial charge in [0.2, 0.25) is 5.91 Å². The average molecular weight is 292 g/mol. The van der Waals surface area contributed by atoms with Crippen molar-refractivity contribution in [3.63, 3.8) is 0 Å². The van der Waals surface area contributed by atoms with Gasteiger partial charge in [0.05, 0.1) is 5.92 Å². The maximum Gasteiger partial charge on any atom is 0.303 e. The molecule has 1 amide bonds. The highest BCUT2D eigenvalue weighted by atomic mass is 16.4. The van der Waals surface area contributed by atoms with Gasteiger partial charge in [0.1, 0.15) is 0 Å². The van der Waals surface area contributed by atoms with Gasteiger partial charge in [0.15, 0.2) is 0 Å². The lowest BCUT2D eigenvalue weighted by atomic mass is 9.96. The molecule has 0 radical (unpaired) electrons. The molecule has 0 aliphatic rings. The highest BCUT2D eigenvalue weighted by molar-refractivity contribution is 5.92. The van der Waals surface area contributed by atoms with Crippen LogP contribution < -0.4 is 11.1 Å². The van der Waals surface area contributed by atoms with Crippen LogP contribution in [0.25, 0.3) is 0 Å². The fourth-order valence-corrected chi connectivity index (χ4v) is 2.13. The van der Waals surface area contributed by atoms with Gasteiger partial charge in [-0.15, -0.1) is 0 Å². The number of amides is 1. The lowest BCUT2D eigenvalue weighted by Crippen LogP contribution is -2.30. The lowest BCUT2D eigenvalue weighted by molar-refractivity contribution is -0.137. The molecule has 0 heterocycles. The third-order valence-corrected chi connectivity index (χ3v) is 3.26. The van der Waals surface area contributed by atoms with Gasteiger partial charge in [-0.05, 0) is 36.5 Å². The molecule has 0 saturated heterocycles. The van der Waals surface area contributed by atoms with E-state index in [0.29, 0.717) is 24.6 Å². The topological polar surface area (TPSA) is 92.4 Å². The zero-order valence-electron chi connectivity index (χ0n) is 12.6. The Morgan fingerprint density at radius 1 is 1.24 bits per heavy atom. The van der Waals surface area contributed by atoms with Gasteiger partial charge in [0.25, 0.3) is 0 Å². The van der Waals surface area contributed by atoms with E-state index >= 15 is 0 Å². The first-order chi connectivity index (χ1) is 9.92. The fraction of sp³-hybridized carbons (Fsp3) is 0.500. The second-order valence-corrected chi connectivity index (χ2v) is 5.64. The smallest absolute Gasteiger partial charge is 0.303 e. The van der Waals surface area contributed by atoms with Crippen molar-refractivity contribution in [3.05, 3.63) is 29.8 Å². The zero-order chi connectivity index (χ0) is 15.8. The molecular weight excluding hydrogens is 268 g/mol. The molecule has 21 heavy (non-hydrogen) atoms. The average Bonchev–Trinajstić information content (AvgIpc) is 2.43. The summed E-state index contributed by atoms with van der Waals surface area (Å²) in [7, 11) is 0. The van der Waals surface area contributed by atoms with Crippen molar-refractivity contribution in [1.82, 2.24) is 0 Å². The summed E-state index contributed by atoms with van der Waals surface area (Å²) in [4.78, 5) is 22.6. The van der Waals surface area contributed by atoms with Crippen LogP contribution in [0.3, 0.4) is 0 Å². The van der Waals surface area contributed by atoms with Crippen LogP contribution >= 0.6 is 0 Å². The first-order valence-electron chi connectivity index (χ1n) is 7.24. The first-order valence-corrected chi connectivity index (χ1v) is 7.24. The van der Waals surface area contributed by atoms with E-state index in [0.717, 1.165) is 12.0 Å². The van der Waals surface area contributed by atoms with Gasteiger partial charge in [-0.3, -0.25) is 9.59 Å². The molecule has 1 aromatic carbocycles. The SMILES string of the molecule is CC(C)CC(CN)C(=O)Nc1ccc(CCC(=O)O)cc1. The van der Waals surface area contributed by atoms with Crippen molar-refractivity contribution in [3.8, 4) is 0 Å². The van der Waals surface area contributed by atoms with Crippen LogP contribution in [0.15, 0.2) is 24.3 Å². The fourth-order valence-electron chi connectivity index (χ4n) is 2.13. The van der Waals surface area contributed by atoms with Crippen LogP contribution in [0.4, 0.5) is 5.69 Å². The van der Waals surface area contributed by atoms with E-state index in [1.54, 1.807) is 12.1 Å². The van der Waals surface area contributed by atoms with E-state index < -0.39 is 5.97 Å². The van der Waals surface area contributed by atoms with Crippen molar-refractivity contribution < 1.29 is 14.7 Å². The van der Waals surface area contributed by atoms with Gasteiger partial charge >= 0.3 is 5.97 Å². The van der Waals surface area contributed by atoms with Crippen LogP contribution in [0.5, 0.6) is 0 Å². The van der Waals surface area contributed by atoms with E-state index in [1.165, 1.54) is 0 Å². The third-order valence-electron chi connectivity index (χ3n) is 3.26. The number of rotatable bonds is 8.